The van der Waals surface area contributed by atoms with Crippen molar-refractivity contribution in [2.24, 2.45) is 11.3 Å². The summed E-state index contributed by atoms with van der Waals surface area (Å²) in [7, 11) is 0. The van der Waals surface area contributed by atoms with Crippen LogP contribution in [0.25, 0.3) is 0 Å². The van der Waals surface area contributed by atoms with Gasteiger partial charge in [0.05, 0.1) is 6.20 Å². The van der Waals surface area contributed by atoms with E-state index in [1.807, 2.05) is 12.4 Å². The summed E-state index contributed by atoms with van der Waals surface area (Å²) in [6.45, 7) is 9.37. The van der Waals surface area contributed by atoms with E-state index in [0.717, 1.165) is 5.92 Å². The lowest BCUT2D eigenvalue weighted by Gasteiger charge is -2.40. The molecule has 1 heterocycles. The zero-order chi connectivity index (χ0) is 12.5. The molecule has 1 aliphatic carbocycles. The topological polar surface area (TPSA) is 40.7 Å². The molecule has 0 bridgehead atoms. The fourth-order valence-electron chi connectivity index (χ4n) is 3.11. The molecule has 17 heavy (non-hydrogen) atoms. The molecular weight excluding hydrogens is 210 g/mol. The van der Waals surface area contributed by atoms with E-state index < -0.39 is 0 Å². The van der Waals surface area contributed by atoms with Gasteiger partial charge in [0.2, 0.25) is 0 Å². The molecule has 96 valence electrons. The van der Waals surface area contributed by atoms with Crippen molar-refractivity contribution in [1.82, 2.24) is 15.5 Å². The zero-order valence-electron chi connectivity index (χ0n) is 11.5. The Labute approximate surface area is 104 Å². The molecule has 0 aromatic carbocycles. The molecule has 3 heteroatoms. The summed E-state index contributed by atoms with van der Waals surface area (Å²) in [5.41, 5.74) is 1.78. The third kappa shape index (κ3) is 3.09. The Bertz CT molecular complexity index is 342. The van der Waals surface area contributed by atoms with Gasteiger partial charge < -0.3 is 5.32 Å². The molecule has 1 saturated carbocycles. The molecule has 0 amide bonds. The number of nitrogens with one attached hydrogen (secondary N) is 2. The fourth-order valence-corrected chi connectivity index (χ4v) is 3.11. The Morgan fingerprint density at radius 3 is 2.88 bits per heavy atom. The zero-order valence-corrected chi connectivity index (χ0v) is 11.5. The molecule has 1 aromatic heterocycles. The largest absolute Gasteiger partial charge is 0.307 e. The fraction of sp³-hybridized carbons (Fsp3) is 0.786. The van der Waals surface area contributed by atoms with Crippen LogP contribution in [-0.2, 0) is 0 Å². The second-order valence-electron chi connectivity index (χ2n) is 6.41. The van der Waals surface area contributed by atoms with Gasteiger partial charge in [0.15, 0.2) is 0 Å². The molecule has 0 aliphatic heterocycles. The van der Waals surface area contributed by atoms with Gasteiger partial charge in [-0.15, -0.1) is 0 Å². The van der Waals surface area contributed by atoms with Crippen LogP contribution in [0, 0.1) is 11.3 Å². The van der Waals surface area contributed by atoms with Crippen molar-refractivity contribution in [3.8, 4) is 0 Å². The summed E-state index contributed by atoms with van der Waals surface area (Å²) in [6.07, 6.45) is 7.83. The first-order chi connectivity index (χ1) is 7.98. The van der Waals surface area contributed by atoms with E-state index in [4.69, 9.17) is 0 Å². The van der Waals surface area contributed by atoms with Crippen molar-refractivity contribution < 1.29 is 0 Å². The molecule has 3 unspecified atom stereocenters. The molecule has 3 atom stereocenters. The molecule has 1 aromatic rings. The van der Waals surface area contributed by atoms with Gasteiger partial charge in [-0.05, 0) is 37.5 Å². The Hall–Kier alpha value is -0.830. The SMILES string of the molecule is CC(NC1CCC(C)(C)CC1C)c1cn[nH]c1. The highest BCUT2D eigenvalue weighted by Gasteiger charge is 2.32. The maximum absolute atomic E-state index is 4.01. The van der Waals surface area contributed by atoms with Gasteiger partial charge >= 0.3 is 0 Å². The summed E-state index contributed by atoms with van der Waals surface area (Å²) >= 11 is 0. The van der Waals surface area contributed by atoms with Gasteiger partial charge in [-0.1, -0.05) is 20.8 Å². The molecule has 0 saturated heterocycles. The lowest BCUT2D eigenvalue weighted by Crippen LogP contribution is -2.42. The maximum Gasteiger partial charge on any atom is 0.0534 e. The van der Waals surface area contributed by atoms with Crippen LogP contribution in [0.15, 0.2) is 12.4 Å². The molecule has 2 N–H and O–H groups in total. The molecular formula is C14H25N3. The highest BCUT2D eigenvalue weighted by Crippen LogP contribution is 2.39. The second kappa shape index (κ2) is 4.81. The van der Waals surface area contributed by atoms with Crippen molar-refractivity contribution >= 4 is 0 Å². The predicted molar refractivity (Wildman–Crippen MR) is 70.7 cm³/mol. The number of aromatic amines is 1. The molecule has 2 rings (SSSR count). The van der Waals surface area contributed by atoms with Crippen molar-refractivity contribution in [3.63, 3.8) is 0 Å². The minimum absolute atomic E-state index is 0.391. The molecule has 0 radical (unpaired) electrons. The monoisotopic (exact) mass is 235 g/mol. The minimum Gasteiger partial charge on any atom is -0.307 e. The van der Waals surface area contributed by atoms with Crippen LogP contribution in [0.1, 0.15) is 58.6 Å². The second-order valence-corrected chi connectivity index (χ2v) is 6.41. The number of hydrogen-bond donors (Lipinski definition) is 2. The number of rotatable bonds is 3. The van der Waals surface area contributed by atoms with E-state index in [1.54, 1.807) is 0 Å². The lowest BCUT2D eigenvalue weighted by atomic mass is 9.70. The van der Waals surface area contributed by atoms with E-state index in [9.17, 15) is 0 Å². The van der Waals surface area contributed by atoms with Crippen molar-refractivity contribution in [2.75, 3.05) is 0 Å². The summed E-state index contributed by atoms with van der Waals surface area (Å²) < 4.78 is 0. The summed E-state index contributed by atoms with van der Waals surface area (Å²) in [5, 5.41) is 10.6. The van der Waals surface area contributed by atoms with Crippen LogP contribution in [-0.4, -0.2) is 16.2 Å². The third-order valence-corrected chi connectivity index (χ3v) is 4.18. The molecule has 3 nitrogen and oxygen atoms in total. The van der Waals surface area contributed by atoms with Gasteiger partial charge in [0.25, 0.3) is 0 Å². The van der Waals surface area contributed by atoms with Gasteiger partial charge in [-0.3, -0.25) is 5.10 Å². The van der Waals surface area contributed by atoms with E-state index in [2.05, 4.69) is 43.2 Å². The van der Waals surface area contributed by atoms with Crippen molar-refractivity contribution in [2.45, 2.75) is 59.0 Å². The Balaban J connectivity index is 1.92. The van der Waals surface area contributed by atoms with E-state index in [1.165, 1.54) is 24.8 Å². The van der Waals surface area contributed by atoms with Crippen LogP contribution in [0.2, 0.25) is 0 Å². The van der Waals surface area contributed by atoms with Crippen molar-refractivity contribution in [3.05, 3.63) is 18.0 Å². The number of nitrogens with zero attached hydrogens (tertiary/aromatic N) is 1. The summed E-state index contributed by atoms with van der Waals surface area (Å²) in [6, 6.07) is 1.04. The molecule has 1 fully saturated rings. The normalized spacial score (nSPS) is 30.1. The molecule has 0 spiro atoms. The third-order valence-electron chi connectivity index (χ3n) is 4.18. The highest BCUT2D eigenvalue weighted by atomic mass is 15.1. The number of hydrogen-bond acceptors (Lipinski definition) is 2. The highest BCUT2D eigenvalue weighted by molar-refractivity contribution is 5.08. The number of H-pyrrole nitrogens is 1. The van der Waals surface area contributed by atoms with Gasteiger partial charge in [0.1, 0.15) is 0 Å². The summed E-state index contributed by atoms with van der Waals surface area (Å²) in [5.74, 6) is 0.758. The minimum atomic E-state index is 0.391. The summed E-state index contributed by atoms with van der Waals surface area (Å²) in [4.78, 5) is 0. The van der Waals surface area contributed by atoms with E-state index in [-0.39, 0.29) is 0 Å². The van der Waals surface area contributed by atoms with Crippen molar-refractivity contribution in [1.29, 1.82) is 0 Å². The quantitative estimate of drug-likeness (QED) is 0.844. The average Bonchev–Trinajstić information content (AvgIpc) is 2.74. The average molecular weight is 235 g/mol. The Kier molecular flexibility index (Phi) is 3.57. The van der Waals surface area contributed by atoms with Crippen LogP contribution in [0.5, 0.6) is 0 Å². The first-order valence-electron chi connectivity index (χ1n) is 6.73. The van der Waals surface area contributed by atoms with E-state index in [0.29, 0.717) is 17.5 Å². The van der Waals surface area contributed by atoms with Gasteiger partial charge in [-0.2, -0.15) is 5.10 Å². The first-order valence-corrected chi connectivity index (χ1v) is 6.73. The maximum atomic E-state index is 4.01. The van der Waals surface area contributed by atoms with Crippen LogP contribution >= 0.6 is 0 Å². The van der Waals surface area contributed by atoms with Crippen LogP contribution < -0.4 is 5.32 Å². The predicted octanol–water partition coefficient (Wildman–Crippen LogP) is 3.28. The van der Waals surface area contributed by atoms with Gasteiger partial charge in [0, 0.05) is 23.8 Å². The molecule has 1 aliphatic rings. The van der Waals surface area contributed by atoms with E-state index >= 15 is 0 Å². The standard InChI is InChI=1S/C14H25N3/c1-10-7-14(3,4)6-5-13(10)17-11(2)12-8-15-16-9-12/h8-11,13,17H,5-7H2,1-4H3,(H,15,16). The van der Waals surface area contributed by atoms with Crippen LogP contribution in [0.4, 0.5) is 0 Å². The van der Waals surface area contributed by atoms with Gasteiger partial charge in [-0.25, -0.2) is 0 Å². The van der Waals surface area contributed by atoms with Crippen LogP contribution in [0.3, 0.4) is 0 Å². The lowest BCUT2D eigenvalue weighted by molar-refractivity contribution is 0.143. The Morgan fingerprint density at radius 2 is 2.29 bits per heavy atom. The number of aromatic nitrogens is 2. The first kappa shape index (κ1) is 12.6. The Morgan fingerprint density at radius 1 is 1.53 bits per heavy atom. The smallest absolute Gasteiger partial charge is 0.0534 e.